The van der Waals surface area contributed by atoms with Crippen LogP contribution in [0.3, 0.4) is 0 Å². The summed E-state index contributed by atoms with van der Waals surface area (Å²) in [7, 11) is 0. The fourth-order valence-corrected chi connectivity index (χ4v) is 1.56. The molecule has 0 unspecified atom stereocenters. The van der Waals surface area contributed by atoms with Gasteiger partial charge in [-0.2, -0.15) is 5.26 Å². The van der Waals surface area contributed by atoms with Crippen LogP contribution < -0.4 is 5.32 Å². The van der Waals surface area contributed by atoms with E-state index in [9.17, 15) is 9.59 Å². The van der Waals surface area contributed by atoms with Crippen molar-refractivity contribution >= 4 is 17.7 Å². The number of carboxylic acids is 1. The summed E-state index contributed by atoms with van der Waals surface area (Å²) in [5, 5.41) is 20.2. The Kier molecular flexibility index (Phi) is 5.30. The molecule has 0 spiro atoms. The number of benzene rings is 1. The minimum absolute atomic E-state index is 0.120. The van der Waals surface area contributed by atoms with Crippen molar-refractivity contribution in [2.75, 3.05) is 18.4 Å². The molecular weight excluding hydrogens is 258 g/mol. The van der Waals surface area contributed by atoms with Gasteiger partial charge < -0.3 is 15.3 Å². The second-order valence-electron chi connectivity index (χ2n) is 4.13. The Balaban J connectivity index is 2.90. The Labute approximate surface area is 116 Å². The number of aliphatic carboxylic acids is 1. The van der Waals surface area contributed by atoms with Gasteiger partial charge in [0.05, 0.1) is 11.6 Å². The molecule has 0 aliphatic rings. The molecule has 0 aromatic heterocycles. The minimum atomic E-state index is -1.11. The number of rotatable bonds is 5. The number of carbonyl (C=O) groups is 2. The van der Waals surface area contributed by atoms with Crippen LogP contribution in [-0.4, -0.2) is 35.1 Å². The maximum atomic E-state index is 12.0. The molecule has 2 amide bonds. The quantitative estimate of drug-likeness (QED) is 0.802. The molecule has 0 aliphatic heterocycles. The van der Waals surface area contributed by atoms with Crippen LogP contribution in [0, 0.1) is 18.3 Å². The number of nitriles is 1. The Morgan fingerprint density at radius 3 is 2.80 bits per heavy atom. The molecule has 0 atom stereocenters. The average molecular weight is 273 g/mol. The van der Waals surface area contributed by atoms with Crippen molar-refractivity contribution in [2.24, 2.45) is 0 Å². The number of amides is 2. The lowest BCUT2D eigenvalue weighted by molar-refractivity contribution is -0.137. The zero-order valence-corrected chi connectivity index (χ0v) is 11.1. The number of aryl methyl sites for hydroxylation is 1. The average Bonchev–Trinajstić information content (AvgIpc) is 2.40. The maximum Gasteiger partial charge on any atom is 0.323 e. The molecule has 20 heavy (non-hydrogen) atoms. The number of nitrogens with zero attached hydrogens (tertiary/aromatic N) is 2. The summed E-state index contributed by atoms with van der Waals surface area (Å²) in [6.07, 6.45) is 1.45. The van der Waals surface area contributed by atoms with E-state index in [0.717, 1.165) is 10.5 Å². The van der Waals surface area contributed by atoms with Crippen molar-refractivity contribution in [2.45, 2.75) is 6.92 Å². The summed E-state index contributed by atoms with van der Waals surface area (Å²) < 4.78 is 0. The number of carboxylic acid groups (broad SMARTS) is 1. The summed E-state index contributed by atoms with van der Waals surface area (Å²) >= 11 is 0. The van der Waals surface area contributed by atoms with Crippen LogP contribution >= 0.6 is 0 Å². The first-order valence-corrected chi connectivity index (χ1v) is 5.87. The molecule has 0 bridgehead atoms. The Morgan fingerprint density at radius 1 is 1.55 bits per heavy atom. The van der Waals surface area contributed by atoms with Gasteiger partial charge in [-0.05, 0) is 24.6 Å². The molecule has 6 heteroatoms. The minimum Gasteiger partial charge on any atom is -0.480 e. The Morgan fingerprint density at radius 2 is 2.25 bits per heavy atom. The van der Waals surface area contributed by atoms with E-state index in [-0.39, 0.29) is 6.54 Å². The lowest BCUT2D eigenvalue weighted by Crippen LogP contribution is -2.38. The number of carbonyl (C=O) groups excluding carboxylic acids is 1. The molecule has 0 aliphatic carbocycles. The molecular formula is C14H15N3O3. The highest BCUT2D eigenvalue weighted by molar-refractivity contribution is 5.92. The fraction of sp³-hybridized carbons (Fsp3) is 0.214. The summed E-state index contributed by atoms with van der Waals surface area (Å²) in [4.78, 5) is 23.8. The monoisotopic (exact) mass is 273 g/mol. The molecule has 0 fully saturated rings. The highest BCUT2D eigenvalue weighted by atomic mass is 16.4. The van der Waals surface area contributed by atoms with Gasteiger partial charge in [-0.25, -0.2) is 4.79 Å². The van der Waals surface area contributed by atoms with E-state index in [1.807, 2.05) is 6.07 Å². The molecule has 0 saturated heterocycles. The highest BCUT2D eigenvalue weighted by Crippen LogP contribution is 2.17. The third-order valence-electron chi connectivity index (χ3n) is 2.57. The van der Waals surface area contributed by atoms with E-state index in [1.54, 1.807) is 25.1 Å². The predicted molar refractivity (Wildman–Crippen MR) is 74.3 cm³/mol. The van der Waals surface area contributed by atoms with E-state index in [0.29, 0.717) is 11.3 Å². The zero-order chi connectivity index (χ0) is 15.1. The van der Waals surface area contributed by atoms with Crippen LogP contribution in [0.4, 0.5) is 10.5 Å². The largest absolute Gasteiger partial charge is 0.480 e. The zero-order valence-electron chi connectivity index (χ0n) is 11.1. The van der Waals surface area contributed by atoms with E-state index in [2.05, 4.69) is 11.9 Å². The van der Waals surface area contributed by atoms with Crippen LogP contribution in [0.1, 0.15) is 11.1 Å². The Bertz CT molecular complexity index is 576. The molecule has 2 N–H and O–H groups in total. The smallest absolute Gasteiger partial charge is 0.323 e. The van der Waals surface area contributed by atoms with Crippen molar-refractivity contribution in [1.29, 1.82) is 5.26 Å². The molecule has 0 heterocycles. The van der Waals surface area contributed by atoms with E-state index < -0.39 is 18.5 Å². The number of anilines is 1. The summed E-state index contributed by atoms with van der Waals surface area (Å²) in [5.74, 6) is -1.11. The molecule has 0 saturated carbocycles. The lowest BCUT2D eigenvalue weighted by Gasteiger charge is -2.20. The van der Waals surface area contributed by atoms with Gasteiger partial charge in [-0.1, -0.05) is 12.1 Å². The predicted octanol–water partition coefficient (Wildman–Crippen LogP) is 1.97. The first-order chi connectivity index (χ1) is 9.47. The van der Waals surface area contributed by atoms with Gasteiger partial charge in [0.25, 0.3) is 0 Å². The van der Waals surface area contributed by atoms with Gasteiger partial charge in [-0.3, -0.25) is 4.79 Å². The van der Waals surface area contributed by atoms with Crippen molar-refractivity contribution < 1.29 is 14.7 Å². The molecule has 1 aromatic rings. The molecule has 104 valence electrons. The highest BCUT2D eigenvalue weighted by Gasteiger charge is 2.16. The molecule has 6 nitrogen and oxygen atoms in total. The number of hydrogen-bond acceptors (Lipinski definition) is 3. The first kappa shape index (κ1) is 15.2. The van der Waals surface area contributed by atoms with Crippen LogP contribution in [0.25, 0.3) is 0 Å². The molecule has 1 rings (SSSR count). The standard InChI is InChI=1S/C14H15N3O3/c1-3-6-17(9-13(18)19)14(20)16-12-7-11(8-15)5-4-10(12)2/h3-5,7H,1,6,9H2,2H3,(H,16,20)(H,18,19). The van der Waals surface area contributed by atoms with Crippen LogP contribution in [0.2, 0.25) is 0 Å². The van der Waals surface area contributed by atoms with Gasteiger partial charge in [0, 0.05) is 12.2 Å². The van der Waals surface area contributed by atoms with Gasteiger partial charge in [-0.15, -0.1) is 6.58 Å². The lowest BCUT2D eigenvalue weighted by atomic mass is 10.1. The van der Waals surface area contributed by atoms with Crippen molar-refractivity contribution in [1.82, 2.24) is 4.90 Å². The third kappa shape index (κ3) is 4.14. The number of urea groups is 1. The van der Waals surface area contributed by atoms with Crippen molar-refractivity contribution in [3.63, 3.8) is 0 Å². The third-order valence-corrected chi connectivity index (χ3v) is 2.57. The number of hydrogen-bond donors (Lipinski definition) is 2. The molecule has 1 aromatic carbocycles. The van der Waals surface area contributed by atoms with Gasteiger partial charge >= 0.3 is 12.0 Å². The van der Waals surface area contributed by atoms with Crippen LogP contribution in [-0.2, 0) is 4.79 Å². The normalized spacial score (nSPS) is 9.40. The van der Waals surface area contributed by atoms with Crippen LogP contribution in [0.15, 0.2) is 30.9 Å². The van der Waals surface area contributed by atoms with Gasteiger partial charge in [0.2, 0.25) is 0 Å². The topological polar surface area (TPSA) is 93.4 Å². The second-order valence-corrected chi connectivity index (χ2v) is 4.13. The van der Waals surface area contributed by atoms with E-state index in [4.69, 9.17) is 10.4 Å². The summed E-state index contributed by atoms with van der Waals surface area (Å²) in [6, 6.07) is 6.32. The summed E-state index contributed by atoms with van der Waals surface area (Å²) in [6.45, 7) is 4.97. The molecule has 0 radical (unpaired) electrons. The maximum absolute atomic E-state index is 12.0. The van der Waals surface area contributed by atoms with E-state index >= 15 is 0 Å². The first-order valence-electron chi connectivity index (χ1n) is 5.87. The fourth-order valence-electron chi connectivity index (χ4n) is 1.56. The van der Waals surface area contributed by atoms with Gasteiger partial charge in [0.15, 0.2) is 0 Å². The van der Waals surface area contributed by atoms with Crippen LogP contribution in [0.5, 0.6) is 0 Å². The second kappa shape index (κ2) is 6.95. The van der Waals surface area contributed by atoms with Crippen molar-refractivity contribution in [3.05, 3.63) is 42.0 Å². The summed E-state index contributed by atoms with van der Waals surface area (Å²) in [5.41, 5.74) is 1.68. The SMILES string of the molecule is C=CCN(CC(=O)O)C(=O)Nc1cc(C#N)ccc1C. The number of nitrogens with one attached hydrogen (secondary N) is 1. The van der Waals surface area contributed by atoms with Gasteiger partial charge in [0.1, 0.15) is 6.54 Å². The van der Waals surface area contributed by atoms with Crippen molar-refractivity contribution in [3.8, 4) is 6.07 Å². The Hall–Kier alpha value is -2.81. The van der Waals surface area contributed by atoms with E-state index in [1.165, 1.54) is 6.08 Å².